The highest BCUT2D eigenvalue weighted by Crippen LogP contribution is 2.25. The van der Waals surface area contributed by atoms with E-state index >= 15 is 0 Å². The van der Waals surface area contributed by atoms with Crippen molar-refractivity contribution in [1.29, 1.82) is 0 Å². The molecule has 0 N–H and O–H groups in total. The molecule has 108 valence electrons. The molecule has 4 rings (SSSR count). The van der Waals surface area contributed by atoms with Gasteiger partial charge in [-0.15, -0.1) is 5.10 Å². The Balaban J connectivity index is 1.76. The molecule has 0 aliphatic carbocycles. The van der Waals surface area contributed by atoms with Crippen LogP contribution >= 0.6 is 0 Å². The lowest BCUT2D eigenvalue weighted by Gasteiger charge is -2.12. The molecule has 0 spiro atoms. The van der Waals surface area contributed by atoms with E-state index in [1.54, 1.807) is 35.0 Å². The van der Waals surface area contributed by atoms with Gasteiger partial charge >= 0.3 is 0 Å². The summed E-state index contributed by atoms with van der Waals surface area (Å²) < 4.78 is 1.66. The van der Waals surface area contributed by atoms with Crippen molar-refractivity contribution in [2.75, 3.05) is 0 Å². The fourth-order valence-corrected chi connectivity index (χ4v) is 2.83. The molecule has 0 fully saturated rings. The van der Waals surface area contributed by atoms with Gasteiger partial charge < -0.3 is 0 Å². The van der Waals surface area contributed by atoms with Gasteiger partial charge in [0.05, 0.1) is 23.2 Å². The monoisotopic (exact) mass is 292 g/mol. The molecule has 0 radical (unpaired) electrons. The molecule has 0 unspecified atom stereocenters. The molecule has 2 amide bonds. The highest BCUT2D eigenvalue weighted by Gasteiger charge is 2.35. The first-order valence-electron chi connectivity index (χ1n) is 6.91. The minimum atomic E-state index is -0.282. The van der Waals surface area contributed by atoms with Gasteiger partial charge in [-0.3, -0.25) is 14.5 Å². The standard InChI is InChI=1S/C16H12N4O2/c1-10-5-4-8-20-14(10)13(17-18-20)9-19-15(21)11-6-2-3-7-12(11)16(19)22/h2-8H,9H2,1H3. The van der Waals surface area contributed by atoms with Gasteiger partial charge in [0, 0.05) is 6.20 Å². The third-order valence-electron chi connectivity index (χ3n) is 3.90. The van der Waals surface area contributed by atoms with E-state index in [1.165, 1.54) is 4.90 Å². The third-order valence-corrected chi connectivity index (χ3v) is 3.90. The Morgan fingerprint density at radius 2 is 1.68 bits per heavy atom. The van der Waals surface area contributed by atoms with E-state index in [1.807, 2.05) is 19.1 Å². The normalized spacial score (nSPS) is 14.0. The van der Waals surface area contributed by atoms with Crippen molar-refractivity contribution in [1.82, 2.24) is 19.7 Å². The Morgan fingerprint density at radius 3 is 2.36 bits per heavy atom. The van der Waals surface area contributed by atoms with Crippen LogP contribution in [0.1, 0.15) is 32.0 Å². The number of aromatic nitrogens is 3. The van der Waals surface area contributed by atoms with Gasteiger partial charge in [-0.05, 0) is 30.7 Å². The zero-order valence-corrected chi connectivity index (χ0v) is 11.9. The van der Waals surface area contributed by atoms with Crippen LogP contribution in [0, 0.1) is 6.92 Å². The molecule has 0 saturated carbocycles. The second-order valence-corrected chi connectivity index (χ2v) is 5.26. The van der Waals surface area contributed by atoms with E-state index in [-0.39, 0.29) is 18.4 Å². The van der Waals surface area contributed by atoms with E-state index in [0.717, 1.165) is 11.1 Å². The first-order chi connectivity index (χ1) is 10.7. The van der Waals surface area contributed by atoms with Crippen molar-refractivity contribution in [3.63, 3.8) is 0 Å². The van der Waals surface area contributed by atoms with E-state index in [4.69, 9.17) is 0 Å². The molecular formula is C16H12N4O2. The SMILES string of the molecule is Cc1cccn2nnc(CN3C(=O)c4ccccc4C3=O)c12. The Bertz CT molecular complexity index is 894. The van der Waals surface area contributed by atoms with Crippen LogP contribution in [0.3, 0.4) is 0 Å². The second-order valence-electron chi connectivity index (χ2n) is 5.26. The number of aryl methyl sites for hydroxylation is 1. The number of carbonyl (C=O) groups is 2. The molecule has 1 aliphatic heterocycles. The molecule has 0 atom stereocenters. The topological polar surface area (TPSA) is 67.6 Å². The average Bonchev–Trinajstić information content (AvgIpc) is 3.05. The fraction of sp³-hybridized carbons (Fsp3) is 0.125. The molecule has 0 bridgehead atoms. The van der Waals surface area contributed by atoms with Crippen LogP contribution in [0.15, 0.2) is 42.6 Å². The minimum Gasteiger partial charge on any atom is -0.269 e. The summed E-state index contributed by atoms with van der Waals surface area (Å²) in [4.78, 5) is 26.0. The smallest absolute Gasteiger partial charge is 0.261 e. The lowest BCUT2D eigenvalue weighted by atomic mass is 10.1. The molecule has 2 aromatic heterocycles. The fourth-order valence-electron chi connectivity index (χ4n) is 2.83. The number of amides is 2. The summed E-state index contributed by atoms with van der Waals surface area (Å²) in [5, 5.41) is 8.16. The van der Waals surface area contributed by atoms with Crippen LogP contribution in [0.5, 0.6) is 0 Å². The number of nitrogens with zero attached hydrogens (tertiary/aromatic N) is 4. The number of carbonyl (C=O) groups excluding carboxylic acids is 2. The summed E-state index contributed by atoms with van der Waals surface area (Å²) in [5.41, 5.74) is 3.34. The summed E-state index contributed by atoms with van der Waals surface area (Å²) in [6.07, 6.45) is 1.79. The summed E-state index contributed by atoms with van der Waals surface area (Å²) in [6.45, 7) is 2.07. The zero-order valence-electron chi connectivity index (χ0n) is 11.9. The van der Waals surface area contributed by atoms with Crippen LogP contribution in [0.4, 0.5) is 0 Å². The quantitative estimate of drug-likeness (QED) is 0.676. The van der Waals surface area contributed by atoms with Crippen molar-refractivity contribution in [3.05, 3.63) is 65.0 Å². The van der Waals surface area contributed by atoms with Gasteiger partial charge in [-0.1, -0.05) is 23.4 Å². The number of benzene rings is 1. The lowest BCUT2D eigenvalue weighted by Crippen LogP contribution is -2.29. The highest BCUT2D eigenvalue weighted by molar-refractivity contribution is 6.21. The maximum absolute atomic E-state index is 12.4. The second kappa shape index (κ2) is 4.49. The summed E-state index contributed by atoms with van der Waals surface area (Å²) >= 11 is 0. The van der Waals surface area contributed by atoms with E-state index in [9.17, 15) is 9.59 Å². The zero-order chi connectivity index (χ0) is 15.3. The summed E-state index contributed by atoms with van der Waals surface area (Å²) in [7, 11) is 0. The van der Waals surface area contributed by atoms with Crippen molar-refractivity contribution in [2.24, 2.45) is 0 Å². The maximum atomic E-state index is 12.4. The van der Waals surface area contributed by atoms with Gasteiger partial charge in [0.1, 0.15) is 5.69 Å². The molecular weight excluding hydrogens is 280 g/mol. The number of hydrogen-bond donors (Lipinski definition) is 0. The van der Waals surface area contributed by atoms with Crippen molar-refractivity contribution >= 4 is 17.3 Å². The first-order valence-corrected chi connectivity index (χ1v) is 6.91. The Morgan fingerprint density at radius 1 is 1.00 bits per heavy atom. The van der Waals surface area contributed by atoms with Gasteiger partial charge in [0.25, 0.3) is 11.8 Å². The van der Waals surface area contributed by atoms with Crippen LogP contribution in [0.25, 0.3) is 5.52 Å². The van der Waals surface area contributed by atoms with Crippen LogP contribution in [-0.2, 0) is 6.54 Å². The lowest BCUT2D eigenvalue weighted by molar-refractivity contribution is 0.0641. The molecule has 1 aromatic carbocycles. The van der Waals surface area contributed by atoms with Gasteiger partial charge in [-0.2, -0.15) is 0 Å². The Kier molecular flexibility index (Phi) is 2.59. The molecule has 1 aliphatic rings. The molecule has 0 saturated heterocycles. The third kappa shape index (κ3) is 1.67. The van der Waals surface area contributed by atoms with Gasteiger partial charge in [0.15, 0.2) is 0 Å². The molecule has 6 nitrogen and oxygen atoms in total. The largest absolute Gasteiger partial charge is 0.269 e. The van der Waals surface area contributed by atoms with Crippen molar-refractivity contribution in [3.8, 4) is 0 Å². The molecule has 3 heterocycles. The van der Waals surface area contributed by atoms with Crippen molar-refractivity contribution in [2.45, 2.75) is 13.5 Å². The molecule has 22 heavy (non-hydrogen) atoms. The minimum absolute atomic E-state index is 0.126. The predicted molar refractivity (Wildman–Crippen MR) is 78.4 cm³/mol. The van der Waals surface area contributed by atoms with Crippen molar-refractivity contribution < 1.29 is 9.59 Å². The van der Waals surface area contributed by atoms with Crippen LogP contribution < -0.4 is 0 Å². The molecule has 3 aromatic rings. The summed E-state index contributed by atoms with van der Waals surface area (Å²) in [5.74, 6) is -0.564. The summed E-state index contributed by atoms with van der Waals surface area (Å²) in [6, 6.07) is 10.7. The van der Waals surface area contributed by atoms with E-state index in [2.05, 4.69) is 10.3 Å². The molecule has 6 heteroatoms. The van der Waals surface area contributed by atoms with Crippen LogP contribution in [0.2, 0.25) is 0 Å². The van der Waals surface area contributed by atoms with Gasteiger partial charge in [0.2, 0.25) is 0 Å². The van der Waals surface area contributed by atoms with E-state index in [0.29, 0.717) is 16.8 Å². The number of pyridine rings is 1. The highest BCUT2D eigenvalue weighted by atomic mass is 16.2. The number of rotatable bonds is 2. The van der Waals surface area contributed by atoms with Crippen LogP contribution in [-0.4, -0.2) is 31.5 Å². The Hall–Kier alpha value is -3.02. The number of hydrogen-bond acceptors (Lipinski definition) is 4. The number of imide groups is 1. The average molecular weight is 292 g/mol. The Labute approximate surface area is 126 Å². The number of fused-ring (bicyclic) bond motifs is 2. The van der Waals surface area contributed by atoms with E-state index < -0.39 is 0 Å². The maximum Gasteiger partial charge on any atom is 0.261 e. The predicted octanol–water partition coefficient (Wildman–Crippen LogP) is 1.83. The van der Waals surface area contributed by atoms with Gasteiger partial charge in [-0.25, -0.2) is 4.52 Å². The first kappa shape index (κ1) is 12.7.